The van der Waals surface area contributed by atoms with Gasteiger partial charge in [0.2, 0.25) is 5.91 Å². The van der Waals surface area contributed by atoms with Crippen molar-refractivity contribution in [1.82, 2.24) is 0 Å². The van der Waals surface area contributed by atoms with Crippen molar-refractivity contribution in [2.75, 3.05) is 5.32 Å². The first-order valence-electron chi connectivity index (χ1n) is 6.52. The van der Waals surface area contributed by atoms with Crippen molar-refractivity contribution < 1.29 is 13.6 Å². The van der Waals surface area contributed by atoms with Crippen LogP contribution < -0.4 is 5.32 Å². The molecule has 2 aromatic rings. The fourth-order valence-electron chi connectivity index (χ4n) is 2.03. The van der Waals surface area contributed by atoms with E-state index in [1.807, 2.05) is 19.1 Å². The van der Waals surface area contributed by atoms with Crippen LogP contribution in [0.25, 0.3) is 0 Å². The summed E-state index contributed by atoms with van der Waals surface area (Å²) >= 11 is 3.37. The molecular weight excluding hydrogens is 340 g/mol. The molecule has 1 N–H and O–H groups in total. The summed E-state index contributed by atoms with van der Waals surface area (Å²) < 4.78 is 27.6. The standard InChI is InChI=1S/C16H14BrF2NO/c1-2-10-8-12(17)6-7-14(10)20-15(21)9-11-4-3-5-13(18)16(11)19/h3-8H,2,9H2,1H3,(H,20,21). The first kappa shape index (κ1) is 15.6. The van der Waals surface area contributed by atoms with Gasteiger partial charge in [-0.1, -0.05) is 35.0 Å². The van der Waals surface area contributed by atoms with Crippen LogP contribution in [0.4, 0.5) is 14.5 Å². The van der Waals surface area contributed by atoms with Crippen LogP contribution in [0.1, 0.15) is 18.1 Å². The predicted molar refractivity (Wildman–Crippen MR) is 82.2 cm³/mol. The number of carbonyl (C=O) groups is 1. The molecule has 0 unspecified atom stereocenters. The maximum atomic E-state index is 13.5. The van der Waals surface area contributed by atoms with Gasteiger partial charge in [0.25, 0.3) is 0 Å². The summed E-state index contributed by atoms with van der Waals surface area (Å²) in [5, 5.41) is 2.73. The number of amides is 1. The summed E-state index contributed by atoms with van der Waals surface area (Å²) in [4.78, 5) is 12.0. The quantitative estimate of drug-likeness (QED) is 0.862. The smallest absolute Gasteiger partial charge is 0.228 e. The van der Waals surface area contributed by atoms with Gasteiger partial charge in [-0.25, -0.2) is 8.78 Å². The molecule has 21 heavy (non-hydrogen) atoms. The maximum Gasteiger partial charge on any atom is 0.228 e. The van der Waals surface area contributed by atoms with Crippen molar-refractivity contribution in [2.24, 2.45) is 0 Å². The summed E-state index contributed by atoms with van der Waals surface area (Å²) in [6.07, 6.45) is 0.548. The third-order valence-electron chi connectivity index (χ3n) is 3.10. The molecule has 0 atom stereocenters. The van der Waals surface area contributed by atoms with Gasteiger partial charge in [-0.05, 0) is 36.2 Å². The number of anilines is 1. The minimum Gasteiger partial charge on any atom is -0.326 e. The Morgan fingerprint density at radius 3 is 2.67 bits per heavy atom. The molecule has 0 radical (unpaired) electrons. The SMILES string of the molecule is CCc1cc(Br)ccc1NC(=O)Cc1cccc(F)c1F. The summed E-state index contributed by atoms with van der Waals surface area (Å²) in [5.41, 5.74) is 1.70. The third kappa shape index (κ3) is 3.88. The zero-order valence-electron chi connectivity index (χ0n) is 11.4. The molecule has 0 saturated heterocycles. The number of aryl methyl sites for hydroxylation is 1. The predicted octanol–water partition coefficient (Wildman–Crippen LogP) is 4.47. The van der Waals surface area contributed by atoms with Gasteiger partial charge in [0, 0.05) is 15.7 Å². The summed E-state index contributed by atoms with van der Waals surface area (Å²) in [7, 11) is 0. The Morgan fingerprint density at radius 1 is 1.19 bits per heavy atom. The topological polar surface area (TPSA) is 29.1 Å². The first-order chi connectivity index (χ1) is 10.0. The molecule has 2 nitrogen and oxygen atoms in total. The molecule has 1 amide bonds. The largest absolute Gasteiger partial charge is 0.326 e. The van der Waals surface area contributed by atoms with Gasteiger partial charge >= 0.3 is 0 Å². The van der Waals surface area contributed by atoms with E-state index in [1.165, 1.54) is 12.1 Å². The Kier molecular flexibility index (Phi) is 5.07. The molecule has 2 aromatic carbocycles. The summed E-state index contributed by atoms with van der Waals surface area (Å²) in [6, 6.07) is 9.33. The molecule has 0 aromatic heterocycles. The van der Waals surface area contributed by atoms with Gasteiger partial charge < -0.3 is 5.32 Å². The fourth-order valence-corrected chi connectivity index (χ4v) is 2.44. The van der Waals surface area contributed by atoms with Crippen molar-refractivity contribution >= 4 is 27.5 Å². The molecule has 0 fully saturated rings. The molecule has 110 valence electrons. The normalized spacial score (nSPS) is 10.5. The lowest BCUT2D eigenvalue weighted by atomic mass is 10.1. The van der Waals surface area contributed by atoms with E-state index in [0.717, 1.165) is 22.5 Å². The number of hydrogen-bond acceptors (Lipinski definition) is 1. The van der Waals surface area contributed by atoms with E-state index in [0.29, 0.717) is 5.69 Å². The minimum atomic E-state index is -0.973. The lowest BCUT2D eigenvalue weighted by Gasteiger charge is -2.11. The van der Waals surface area contributed by atoms with Crippen molar-refractivity contribution in [1.29, 1.82) is 0 Å². The zero-order chi connectivity index (χ0) is 15.4. The van der Waals surface area contributed by atoms with Gasteiger partial charge in [0.15, 0.2) is 11.6 Å². The lowest BCUT2D eigenvalue weighted by molar-refractivity contribution is -0.115. The second-order valence-corrected chi connectivity index (χ2v) is 5.51. The van der Waals surface area contributed by atoms with E-state index < -0.39 is 11.6 Å². The second-order valence-electron chi connectivity index (χ2n) is 4.59. The fraction of sp³-hybridized carbons (Fsp3) is 0.188. The lowest BCUT2D eigenvalue weighted by Crippen LogP contribution is -2.16. The van der Waals surface area contributed by atoms with Gasteiger partial charge in [0.1, 0.15) is 0 Å². The van der Waals surface area contributed by atoms with Crippen LogP contribution in [0.2, 0.25) is 0 Å². The third-order valence-corrected chi connectivity index (χ3v) is 3.60. The summed E-state index contributed by atoms with van der Waals surface area (Å²) in [5.74, 6) is -2.30. The number of halogens is 3. The number of benzene rings is 2. The number of carbonyl (C=O) groups excluding carboxylic acids is 1. The number of hydrogen-bond donors (Lipinski definition) is 1. The molecule has 2 rings (SSSR count). The minimum absolute atomic E-state index is 0.0441. The second kappa shape index (κ2) is 6.80. The highest BCUT2D eigenvalue weighted by Crippen LogP contribution is 2.22. The molecule has 0 aliphatic heterocycles. The molecule has 0 bridgehead atoms. The van der Waals surface area contributed by atoms with E-state index in [1.54, 1.807) is 6.07 Å². The van der Waals surface area contributed by atoms with Gasteiger partial charge in [-0.15, -0.1) is 0 Å². The Balaban J connectivity index is 2.14. The van der Waals surface area contributed by atoms with Crippen LogP contribution in [-0.2, 0) is 17.6 Å². The zero-order valence-corrected chi connectivity index (χ0v) is 13.0. The van der Waals surface area contributed by atoms with Crippen molar-refractivity contribution in [3.8, 4) is 0 Å². The van der Waals surface area contributed by atoms with Gasteiger partial charge in [0.05, 0.1) is 6.42 Å². The van der Waals surface area contributed by atoms with E-state index in [2.05, 4.69) is 21.2 Å². The van der Waals surface area contributed by atoms with Crippen LogP contribution in [0, 0.1) is 11.6 Å². The highest BCUT2D eigenvalue weighted by Gasteiger charge is 2.13. The van der Waals surface area contributed by atoms with E-state index in [9.17, 15) is 13.6 Å². The van der Waals surface area contributed by atoms with Crippen LogP contribution in [-0.4, -0.2) is 5.91 Å². The van der Waals surface area contributed by atoms with E-state index in [4.69, 9.17) is 0 Å². The van der Waals surface area contributed by atoms with Crippen molar-refractivity contribution in [2.45, 2.75) is 19.8 Å². The van der Waals surface area contributed by atoms with Crippen LogP contribution in [0.3, 0.4) is 0 Å². The van der Waals surface area contributed by atoms with E-state index in [-0.39, 0.29) is 17.9 Å². The highest BCUT2D eigenvalue weighted by atomic mass is 79.9. The average molecular weight is 354 g/mol. The summed E-state index contributed by atoms with van der Waals surface area (Å²) in [6.45, 7) is 1.98. The van der Waals surface area contributed by atoms with E-state index >= 15 is 0 Å². The number of nitrogens with one attached hydrogen (secondary N) is 1. The Bertz CT molecular complexity index is 673. The van der Waals surface area contributed by atoms with Gasteiger partial charge in [-0.2, -0.15) is 0 Å². The number of rotatable bonds is 4. The molecule has 0 aliphatic carbocycles. The molecule has 0 aliphatic rings. The highest BCUT2D eigenvalue weighted by molar-refractivity contribution is 9.10. The average Bonchev–Trinajstić information content (AvgIpc) is 2.45. The van der Waals surface area contributed by atoms with Gasteiger partial charge in [-0.3, -0.25) is 4.79 Å². The Labute approximate surface area is 130 Å². The Morgan fingerprint density at radius 2 is 1.95 bits per heavy atom. The van der Waals surface area contributed by atoms with Crippen LogP contribution in [0.15, 0.2) is 40.9 Å². The van der Waals surface area contributed by atoms with Crippen molar-refractivity contribution in [3.63, 3.8) is 0 Å². The molecular formula is C16H14BrF2NO. The monoisotopic (exact) mass is 353 g/mol. The van der Waals surface area contributed by atoms with Crippen molar-refractivity contribution in [3.05, 3.63) is 63.6 Å². The molecule has 0 spiro atoms. The molecule has 0 saturated carbocycles. The molecule has 5 heteroatoms. The van der Waals surface area contributed by atoms with Crippen LogP contribution >= 0.6 is 15.9 Å². The van der Waals surface area contributed by atoms with Crippen LogP contribution in [0.5, 0.6) is 0 Å². The Hall–Kier alpha value is -1.75. The molecule has 0 heterocycles. The maximum absolute atomic E-state index is 13.5. The first-order valence-corrected chi connectivity index (χ1v) is 7.31.